The number of hydrogen-bond donors (Lipinski definition) is 2. The number of rotatable bonds is 6. The minimum Gasteiger partial charge on any atom is -0.351 e. The second-order valence-electron chi connectivity index (χ2n) is 4.76. The summed E-state index contributed by atoms with van der Waals surface area (Å²) in [5, 5.41) is 16.5. The fourth-order valence-electron chi connectivity index (χ4n) is 1.96. The molecule has 0 bridgehead atoms. The summed E-state index contributed by atoms with van der Waals surface area (Å²) in [7, 11) is 0. The maximum Gasteiger partial charge on any atom is 0.305 e. The van der Waals surface area contributed by atoms with Gasteiger partial charge in [-0.2, -0.15) is 4.39 Å². The molecule has 1 fully saturated rings. The smallest absolute Gasteiger partial charge is 0.305 e. The van der Waals surface area contributed by atoms with Gasteiger partial charge in [0.2, 0.25) is 5.82 Å². The highest BCUT2D eigenvalue weighted by Gasteiger charge is 2.18. The van der Waals surface area contributed by atoms with Crippen molar-refractivity contribution in [2.24, 2.45) is 0 Å². The van der Waals surface area contributed by atoms with Crippen LogP contribution in [-0.4, -0.2) is 30.0 Å². The van der Waals surface area contributed by atoms with Gasteiger partial charge in [0.1, 0.15) is 0 Å². The Bertz CT molecular complexity index is 518. The molecule has 0 spiro atoms. The second kappa shape index (κ2) is 6.42. The van der Waals surface area contributed by atoms with Gasteiger partial charge in [-0.05, 0) is 25.0 Å². The third-order valence-corrected chi connectivity index (χ3v) is 3.35. The number of nitro benzene ring substituents is 1. The highest BCUT2D eigenvalue weighted by atomic mass is 19.1. The van der Waals surface area contributed by atoms with Crippen LogP contribution in [0.2, 0.25) is 0 Å². The van der Waals surface area contributed by atoms with Crippen LogP contribution in [0.25, 0.3) is 0 Å². The lowest BCUT2D eigenvalue weighted by molar-refractivity contribution is -0.387. The lowest BCUT2D eigenvalue weighted by atomic mass is 9.93. The summed E-state index contributed by atoms with van der Waals surface area (Å²) in [6.45, 7) is 1.08. The van der Waals surface area contributed by atoms with Crippen molar-refractivity contribution in [3.8, 4) is 0 Å². The van der Waals surface area contributed by atoms with Crippen LogP contribution in [0.1, 0.15) is 29.6 Å². The molecule has 108 valence electrons. The Balaban J connectivity index is 1.85. The average Bonchev–Trinajstić information content (AvgIpc) is 2.36. The van der Waals surface area contributed by atoms with E-state index in [0.717, 1.165) is 25.0 Å². The first-order chi connectivity index (χ1) is 9.58. The first kappa shape index (κ1) is 14.4. The molecule has 0 unspecified atom stereocenters. The first-order valence-electron chi connectivity index (χ1n) is 6.53. The van der Waals surface area contributed by atoms with Crippen LogP contribution < -0.4 is 10.6 Å². The van der Waals surface area contributed by atoms with Gasteiger partial charge in [0.25, 0.3) is 5.91 Å². The molecule has 2 N–H and O–H groups in total. The van der Waals surface area contributed by atoms with Gasteiger partial charge in [0, 0.05) is 30.8 Å². The number of nitrogens with zero attached hydrogens (tertiary/aromatic N) is 1. The van der Waals surface area contributed by atoms with Gasteiger partial charge in [-0.1, -0.05) is 6.42 Å². The van der Waals surface area contributed by atoms with Crippen molar-refractivity contribution in [2.75, 3.05) is 13.1 Å². The summed E-state index contributed by atoms with van der Waals surface area (Å²) in [4.78, 5) is 21.5. The van der Waals surface area contributed by atoms with E-state index in [1.54, 1.807) is 0 Å². The molecule has 0 saturated heterocycles. The predicted octanol–water partition coefficient (Wildman–Crippen LogP) is 1.61. The van der Waals surface area contributed by atoms with Crippen molar-refractivity contribution in [2.45, 2.75) is 25.3 Å². The Kier molecular flexibility index (Phi) is 4.62. The summed E-state index contributed by atoms with van der Waals surface area (Å²) in [5.74, 6) is -1.39. The molecule has 1 aromatic carbocycles. The fraction of sp³-hybridized carbons (Fsp3) is 0.462. The average molecular weight is 281 g/mol. The van der Waals surface area contributed by atoms with Gasteiger partial charge in [-0.3, -0.25) is 14.9 Å². The number of hydrogen-bond acceptors (Lipinski definition) is 4. The molecule has 1 saturated carbocycles. The molecule has 1 aliphatic rings. The quantitative estimate of drug-likeness (QED) is 0.471. The van der Waals surface area contributed by atoms with Crippen LogP contribution in [-0.2, 0) is 0 Å². The number of nitro groups is 1. The molecule has 7 heteroatoms. The van der Waals surface area contributed by atoms with E-state index in [0.29, 0.717) is 19.1 Å². The van der Waals surface area contributed by atoms with Crippen molar-refractivity contribution in [3.63, 3.8) is 0 Å². The molecule has 0 aliphatic heterocycles. The zero-order chi connectivity index (χ0) is 14.5. The van der Waals surface area contributed by atoms with Gasteiger partial charge < -0.3 is 10.6 Å². The molecular weight excluding hydrogens is 265 g/mol. The molecule has 1 aliphatic carbocycles. The van der Waals surface area contributed by atoms with Crippen molar-refractivity contribution in [1.29, 1.82) is 0 Å². The maximum atomic E-state index is 13.1. The van der Waals surface area contributed by atoms with Crippen LogP contribution >= 0.6 is 0 Å². The Morgan fingerprint density at radius 2 is 2.15 bits per heavy atom. The van der Waals surface area contributed by atoms with E-state index in [1.165, 1.54) is 12.5 Å². The molecule has 0 heterocycles. The summed E-state index contributed by atoms with van der Waals surface area (Å²) < 4.78 is 13.1. The lowest BCUT2D eigenvalue weighted by Gasteiger charge is -2.26. The Hall–Kier alpha value is -2.02. The Labute approximate surface area is 115 Å². The molecule has 20 heavy (non-hydrogen) atoms. The largest absolute Gasteiger partial charge is 0.351 e. The van der Waals surface area contributed by atoms with Gasteiger partial charge >= 0.3 is 5.69 Å². The van der Waals surface area contributed by atoms with Crippen LogP contribution in [0.3, 0.4) is 0 Å². The van der Waals surface area contributed by atoms with Gasteiger partial charge in [0.05, 0.1) is 4.92 Å². The van der Waals surface area contributed by atoms with Crippen molar-refractivity contribution in [3.05, 3.63) is 39.7 Å². The number of carbonyl (C=O) groups is 1. The number of amides is 1. The topological polar surface area (TPSA) is 84.3 Å². The van der Waals surface area contributed by atoms with E-state index >= 15 is 0 Å². The highest BCUT2D eigenvalue weighted by molar-refractivity contribution is 5.94. The van der Waals surface area contributed by atoms with E-state index < -0.39 is 22.3 Å². The van der Waals surface area contributed by atoms with Gasteiger partial charge in [0.15, 0.2) is 0 Å². The number of halogens is 1. The zero-order valence-corrected chi connectivity index (χ0v) is 10.9. The zero-order valence-electron chi connectivity index (χ0n) is 10.9. The highest BCUT2D eigenvalue weighted by Crippen LogP contribution is 2.18. The van der Waals surface area contributed by atoms with E-state index in [4.69, 9.17) is 0 Å². The SMILES string of the molecule is O=C(NCCNC1CCC1)c1ccc(F)c([N+](=O)[O-])c1. The normalized spacial score (nSPS) is 14.7. The Morgan fingerprint density at radius 1 is 1.40 bits per heavy atom. The van der Waals surface area contributed by atoms with Gasteiger partial charge in [-0.25, -0.2) is 0 Å². The lowest BCUT2D eigenvalue weighted by Crippen LogP contribution is -2.40. The molecule has 1 amide bonds. The molecule has 0 atom stereocenters. The predicted molar refractivity (Wildman–Crippen MR) is 71.0 cm³/mol. The summed E-state index contributed by atoms with van der Waals surface area (Å²) in [6.07, 6.45) is 3.57. The Morgan fingerprint density at radius 3 is 2.75 bits per heavy atom. The third-order valence-electron chi connectivity index (χ3n) is 3.35. The molecule has 0 aromatic heterocycles. The van der Waals surface area contributed by atoms with Crippen LogP contribution in [0.15, 0.2) is 18.2 Å². The number of nitrogens with one attached hydrogen (secondary N) is 2. The fourth-order valence-corrected chi connectivity index (χ4v) is 1.96. The standard InChI is InChI=1S/C13H16FN3O3/c14-11-5-4-9(8-12(11)17(19)20)13(18)16-7-6-15-10-2-1-3-10/h4-5,8,10,15H,1-3,6-7H2,(H,16,18). The first-order valence-corrected chi connectivity index (χ1v) is 6.53. The van der Waals surface area contributed by atoms with E-state index in [2.05, 4.69) is 10.6 Å². The van der Waals surface area contributed by atoms with Crippen molar-refractivity contribution in [1.82, 2.24) is 10.6 Å². The van der Waals surface area contributed by atoms with Crippen molar-refractivity contribution < 1.29 is 14.1 Å². The number of carbonyl (C=O) groups excluding carboxylic acids is 1. The molecule has 6 nitrogen and oxygen atoms in total. The molecule has 0 radical (unpaired) electrons. The monoisotopic (exact) mass is 281 g/mol. The summed E-state index contributed by atoms with van der Waals surface area (Å²) >= 11 is 0. The van der Waals surface area contributed by atoms with Crippen molar-refractivity contribution >= 4 is 11.6 Å². The third kappa shape index (κ3) is 3.51. The summed E-state index contributed by atoms with van der Waals surface area (Å²) in [5.41, 5.74) is -0.605. The van der Waals surface area contributed by atoms with E-state index in [9.17, 15) is 19.3 Å². The molecule has 2 rings (SSSR count). The van der Waals surface area contributed by atoms with E-state index in [1.807, 2.05) is 0 Å². The van der Waals surface area contributed by atoms with Crippen LogP contribution in [0, 0.1) is 15.9 Å². The maximum absolute atomic E-state index is 13.1. The van der Waals surface area contributed by atoms with Gasteiger partial charge in [-0.15, -0.1) is 0 Å². The summed E-state index contributed by atoms with van der Waals surface area (Å²) in [6, 6.07) is 3.65. The minimum atomic E-state index is -0.946. The van der Waals surface area contributed by atoms with Crippen LogP contribution in [0.4, 0.5) is 10.1 Å². The second-order valence-corrected chi connectivity index (χ2v) is 4.76. The van der Waals surface area contributed by atoms with Crippen LogP contribution in [0.5, 0.6) is 0 Å². The molecule has 1 aromatic rings. The molecular formula is C13H16FN3O3. The number of benzene rings is 1. The minimum absolute atomic E-state index is 0.0849. The van der Waals surface area contributed by atoms with E-state index in [-0.39, 0.29) is 5.56 Å².